The van der Waals surface area contributed by atoms with E-state index in [-0.39, 0.29) is 11.6 Å². The molecule has 6 heteroatoms. The minimum Gasteiger partial charge on any atom is -0.444 e. The van der Waals surface area contributed by atoms with Crippen LogP contribution in [0.5, 0.6) is 0 Å². The Kier molecular flexibility index (Phi) is 5.41. The van der Waals surface area contributed by atoms with Crippen LogP contribution >= 0.6 is 22.9 Å². The summed E-state index contributed by atoms with van der Waals surface area (Å²) < 4.78 is 5.43. The fourth-order valence-corrected chi connectivity index (χ4v) is 3.45. The van der Waals surface area contributed by atoms with Crippen LogP contribution in [-0.4, -0.2) is 35.2 Å². The van der Waals surface area contributed by atoms with Crippen molar-refractivity contribution < 1.29 is 9.53 Å². The second kappa shape index (κ2) is 6.77. The van der Waals surface area contributed by atoms with Crippen molar-refractivity contribution in [1.29, 1.82) is 0 Å². The number of hydrogen-bond acceptors (Lipinski definition) is 4. The fourth-order valence-electron chi connectivity index (χ4n) is 2.43. The average Bonchev–Trinajstić information content (AvgIpc) is 2.81. The summed E-state index contributed by atoms with van der Waals surface area (Å²) in [5.41, 5.74) is -0.385. The van der Waals surface area contributed by atoms with Gasteiger partial charge in [0.05, 0.1) is 5.02 Å². The van der Waals surface area contributed by atoms with E-state index in [0.717, 1.165) is 37.5 Å². The molecule has 22 heavy (non-hydrogen) atoms. The Bertz CT molecular complexity index is 516. The predicted molar refractivity (Wildman–Crippen MR) is 91.6 cm³/mol. The molecule has 0 spiro atoms. The van der Waals surface area contributed by atoms with Gasteiger partial charge in [-0.15, -0.1) is 11.3 Å². The standard InChI is InChI=1S/C16H25ClN2O2S/c1-15(2,3)21-14(20)19-7-5-16(4,6-8-19)18-10-13-9-12(17)11-22-13/h9,11,18H,5-8,10H2,1-4H3. The summed E-state index contributed by atoms with van der Waals surface area (Å²) in [4.78, 5) is 15.1. The van der Waals surface area contributed by atoms with Gasteiger partial charge >= 0.3 is 6.09 Å². The van der Waals surface area contributed by atoms with Crippen LogP contribution in [0, 0.1) is 0 Å². The molecule has 0 atom stereocenters. The third-order valence-electron chi connectivity index (χ3n) is 3.83. The largest absolute Gasteiger partial charge is 0.444 e. The topological polar surface area (TPSA) is 41.6 Å². The first-order valence-corrected chi connectivity index (χ1v) is 8.89. The number of halogens is 1. The third kappa shape index (κ3) is 5.14. The van der Waals surface area contributed by atoms with Crippen molar-refractivity contribution in [2.45, 2.75) is 58.2 Å². The van der Waals surface area contributed by atoms with Crippen LogP contribution in [0.2, 0.25) is 5.02 Å². The second-order valence-corrected chi connectivity index (χ2v) is 8.55. The van der Waals surface area contributed by atoms with Crippen molar-refractivity contribution in [2.75, 3.05) is 13.1 Å². The summed E-state index contributed by atoms with van der Waals surface area (Å²) in [6.07, 6.45) is 1.64. The minimum absolute atomic E-state index is 0.0506. The Hall–Kier alpha value is -0.780. The quantitative estimate of drug-likeness (QED) is 0.889. The van der Waals surface area contributed by atoms with Gasteiger partial charge < -0.3 is 15.0 Å². The number of rotatable bonds is 3. The average molecular weight is 345 g/mol. The van der Waals surface area contributed by atoms with Gasteiger partial charge in [0.15, 0.2) is 0 Å². The number of nitrogens with zero attached hydrogens (tertiary/aromatic N) is 1. The van der Waals surface area contributed by atoms with Crippen molar-refractivity contribution in [3.8, 4) is 0 Å². The summed E-state index contributed by atoms with van der Waals surface area (Å²) in [5, 5.41) is 6.36. The normalized spacial score (nSPS) is 18.3. The van der Waals surface area contributed by atoms with Gasteiger partial charge in [0.1, 0.15) is 5.60 Å². The molecule has 0 saturated carbocycles. The summed E-state index contributed by atoms with van der Waals surface area (Å²) in [6, 6.07) is 2.00. The zero-order chi connectivity index (χ0) is 16.4. The highest BCUT2D eigenvalue weighted by Gasteiger charge is 2.33. The molecule has 124 valence electrons. The lowest BCUT2D eigenvalue weighted by atomic mass is 9.89. The molecule has 1 saturated heterocycles. The van der Waals surface area contributed by atoms with Gasteiger partial charge in [0.25, 0.3) is 0 Å². The molecule has 1 aromatic rings. The van der Waals surface area contributed by atoms with Crippen LogP contribution in [0.1, 0.15) is 45.4 Å². The molecular formula is C16H25ClN2O2S. The smallest absolute Gasteiger partial charge is 0.410 e. The van der Waals surface area contributed by atoms with E-state index in [2.05, 4.69) is 12.2 Å². The number of piperidine rings is 1. The monoisotopic (exact) mass is 344 g/mol. The highest BCUT2D eigenvalue weighted by molar-refractivity contribution is 7.10. The Morgan fingerprint density at radius 2 is 2.09 bits per heavy atom. The van der Waals surface area contributed by atoms with E-state index >= 15 is 0 Å². The molecule has 0 unspecified atom stereocenters. The molecule has 1 aliphatic rings. The van der Waals surface area contributed by atoms with Crippen molar-refractivity contribution >= 4 is 29.0 Å². The molecular weight excluding hydrogens is 320 g/mol. The van der Waals surface area contributed by atoms with Gasteiger partial charge in [-0.05, 0) is 46.6 Å². The fraction of sp³-hybridized carbons (Fsp3) is 0.688. The predicted octanol–water partition coefficient (Wildman–Crippen LogP) is 4.28. The summed E-state index contributed by atoms with van der Waals surface area (Å²) in [7, 11) is 0. The van der Waals surface area contributed by atoms with E-state index in [4.69, 9.17) is 16.3 Å². The van der Waals surface area contributed by atoms with E-state index in [1.807, 2.05) is 32.2 Å². The molecule has 2 heterocycles. The number of hydrogen-bond donors (Lipinski definition) is 1. The van der Waals surface area contributed by atoms with Crippen LogP contribution in [0.15, 0.2) is 11.4 Å². The van der Waals surface area contributed by atoms with Gasteiger partial charge in [0, 0.05) is 35.4 Å². The first-order valence-electron chi connectivity index (χ1n) is 7.63. The third-order valence-corrected chi connectivity index (χ3v) is 5.11. The Morgan fingerprint density at radius 3 is 2.59 bits per heavy atom. The van der Waals surface area contributed by atoms with E-state index in [0.29, 0.717) is 0 Å². The Labute approximate surface area is 141 Å². The molecule has 0 aromatic carbocycles. The maximum atomic E-state index is 12.1. The van der Waals surface area contributed by atoms with E-state index in [1.54, 1.807) is 16.2 Å². The van der Waals surface area contributed by atoms with Gasteiger partial charge in [-0.3, -0.25) is 0 Å². The number of carbonyl (C=O) groups excluding carboxylic acids is 1. The van der Waals surface area contributed by atoms with Gasteiger partial charge in [-0.2, -0.15) is 0 Å². The number of likely N-dealkylation sites (tertiary alicyclic amines) is 1. The molecule has 4 nitrogen and oxygen atoms in total. The lowest BCUT2D eigenvalue weighted by molar-refractivity contribution is 0.0157. The first kappa shape index (κ1) is 17.6. The molecule has 1 aliphatic heterocycles. The van der Waals surface area contributed by atoms with Gasteiger partial charge in [0.2, 0.25) is 0 Å². The van der Waals surface area contributed by atoms with Crippen LogP contribution in [0.3, 0.4) is 0 Å². The SMILES string of the molecule is CC1(NCc2cc(Cl)cs2)CCN(C(=O)OC(C)(C)C)CC1. The van der Waals surface area contributed by atoms with Crippen LogP contribution in [0.25, 0.3) is 0 Å². The lowest BCUT2D eigenvalue weighted by Gasteiger charge is -2.40. The molecule has 2 rings (SSSR count). The van der Waals surface area contributed by atoms with Crippen molar-refractivity contribution in [3.05, 3.63) is 21.3 Å². The number of nitrogens with one attached hydrogen (secondary N) is 1. The van der Waals surface area contributed by atoms with E-state index in [1.165, 1.54) is 4.88 Å². The highest BCUT2D eigenvalue weighted by Crippen LogP contribution is 2.25. The van der Waals surface area contributed by atoms with E-state index in [9.17, 15) is 4.79 Å². The van der Waals surface area contributed by atoms with Gasteiger partial charge in [-0.25, -0.2) is 4.79 Å². The molecule has 0 bridgehead atoms. The summed E-state index contributed by atoms with van der Waals surface area (Å²) in [5.74, 6) is 0. The number of ether oxygens (including phenoxy) is 1. The van der Waals surface area contributed by atoms with E-state index < -0.39 is 5.60 Å². The van der Waals surface area contributed by atoms with Gasteiger partial charge in [-0.1, -0.05) is 11.6 Å². The lowest BCUT2D eigenvalue weighted by Crippen LogP contribution is -2.52. The van der Waals surface area contributed by atoms with Crippen LogP contribution < -0.4 is 5.32 Å². The molecule has 1 fully saturated rings. The maximum absolute atomic E-state index is 12.1. The zero-order valence-corrected chi connectivity index (χ0v) is 15.3. The number of amides is 1. The van der Waals surface area contributed by atoms with Crippen molar-refractivity contribution in [1.82, 2.24) is 10.2 Å². The maximum Gasteiger partial charge on any atom is 0.410 e. The number of thiophene rings is 1. The summed E-state index contributed by atoms with van der Waals surface area (Å²) in [6.45, 7) is 10.2. The molecule has 0 radical (unpaired) electrons. The van der Waals surface area contributed by atoms with Crippen LogP contribution in [-0.2, 0) is 11.3 Å². The molecule has 1 amide bonds. The van der Waals surface area contributed by atoms with Crippen molar-refractivity contribution in [2.24, 2.45) is 0 Å². The second-order valence-electron chi connectivity index (χ2n) is 7.11. The molecule has 1 aromatic heterocycles. The Balaban J connectivity index is 1.81. The van der Waals surface area contributed by atoms with Crippen molar-refractivity contribution in [3.63, 3.8) is 0 Å². The van der Waals surface area contributed by atoms with Crippen LogP contribution in [0.4, 0.5) is 4.79 Å². The molecule has 0 aliphatic carbocycles. The minimum atomic E-state index is -0.436. The number of carbonyl (C=O) groups is 1. The Morgan fingerprint density at radius 1 is 1.45 bits per heavy atom. The summed E-state index contributed by atoms with van der Waals surface area (Å²) >= 11 is 7.62. The zero-order valence-electron chi connectivity index (χ0n) is 13.7. The first-order chi connectivity index (χ1) is 10.2. The highest BCUT2D eigenvalue weighted by atomic mass is 35.5. The molecule has 1 N–H and O–H groups in total.